The Kier molecular flexibility index (Phi) is 6.68. The third-order valence-corrected chi connectivity index (χ3v) is 3.13. The van der Waals surface area contributed by atoms with E-state index in [0.29, 0.717) is 4.88 Å². The van der Waals surface area contributed by atoms with E-state index in [4.69, 9.17) is 9.84 Å². The minimum Gasteiger partial charge on any atom is -0.480 e. The van der Waals surface area contributed by atoms with Gasteiger partial charge in [0.1, 0.15) is 12.6 Å². The smallest absolute Gasteiger partial charge is 0.329 e. The number of hydrogen-bond donors (Lipinski definition) is 3. The molecule has 1 unspecified atom stereocenters. The molecule has 1 aromatic rings. The number of carboxylic acid groups (broad SMARTS) is 1. The summed E-state index contributed by atoms with van der Waals surface area (Å²) >= 11 is 1.29. The maximum absolute atomic E-state index is 11.7. The zero-order valence-corrected chi connectivity index (χ0v) is 11.7. The summed E-state index contributed by atoms with van der Waals surface area (Å²) in [6.07, 6.45) is 0. The Morgan fingerprint density at radius 3 is 2.80 bits per heavy atom. The van der Waals surface area contributed by atoms with Gasteiger partial charge in [0.25, 0.3) is 5.91 Å². The van der Waals surface area contributed by atoms with Crippen molar-refractivity contribution in [3.05, 3.63) is 22.4 Å². The summed E-state index contributed by atoms with van der Waals surface area (Å²) in [5.74, 6) is -1.72. The number of amides is 2. The van der Waals surface area contributed by atoms with Crippen molar-refractivity contribution in [3.63, 3.8) is 0 Å². The summed E-state index contributed by atoms with van der Waals surface area (Å²) in [5, 5.41) is 15.2. The summed E-state index contributed by atoms with van der Waals surface area (Å²) in [6, 6.07) is 2.75. The van der Waals surface area contributed by atoms with Crippen LogP contribution in [-0.2, 0) is 14.3 Å². The number of rotatable bonds is 8. The van der Waals surface area contributed by atoms with Crippen LogP contribution in [0.15, 0.2) is 17.5 Å². The largest absolute Gasteiger partial charge is 0.480 e. The van der Waals surface area contributed by atoms with E-state index < -0.39 is 18.6 Å². The van der Waals surface area contributed by atoms with Crippen LogP contribution < -0.4 is 10.6 Å². The third-order valence-electron chi connectivity index (χ3n) is 2.26. The third kappa shape index (κ3) is 5.81. The second-order valence-electron chi connectivity index (χ2n) is 3.91. The maximum Gasteiger partial charge on any atom is 0.329 e. The Bertz CT molecular complexity index is 460. The van der Waals surface area contributed by atoms with Crippen molar-refractivity contribution in [2.24, 2.45) is 0 Å². The number of carbonyl (C=O) groups excluding carboxylic acids is 2. The summed E-state index contributed by atoms with van der Waals surface area (Å²) in [4.78, 5) is 34.1. The quantitative estimate of drug-likeness (QED) is 0.590. The minimum atomic E-state index is -1.06. The van der Waals surface area contributed by atoms with E-state index in [1.165, 1.54) is 11.3 Å². The summed E-state index contributed by atoms with van der Waals surface area (Å²) in [5.41, 5.74) is 0. The van der Waals surface area contributed by atoms with Gasteiger partial charge in [-0.15, -0.1) is 11.3 Å². The van der Waals surface area contributed by atoms with E-state index in [1.54, 1.807) is 24.4 Å². The van der Waals surface area contributed by atoms with E-state index in [2.05, 4.69) is 10.6 Å². The second-order valence-corrected chi connectivity index (χ2v) is 4.86. The molecule has 20 heavy (non-hydrogen) atoms. The van der Waals surface area contributed by atoms with Crippen LogP contribution in [0.25, 0.3) is 0 Å². The highest BCUT2D eigenvalue weighted by Crippen LogP contribution is 2.07. The number of hydrogen-bond acceptors (Lipinski definition) is 5. The van der Waals surface area contributed by atoms with Gasteiger partial charge in [-0.05, 0) is 18.4 Å². The van der Waals surface area contributed by atoms with E-state index >= 15 is 0 Å². The lowest BCUT2D eigenvalue weighted by atomic mass is 10.3. The van der Waals surface area contributed by atoms with Crippen molar-refractivity contribution in [2.75, 3.05) is 19.8 Å². The van der Waals surface area contributed by atoms with Gasteiger partial charge in [0.15, 0.2) is 0 Å². The number of thiophene rings is 1. The molecule has 0 aliphatic rings. The zero-order chi connectivity index (χ0) is 15.0. The topological polar surface area (TPSA) is 105 Å². The lowest BCUT2D eigenvalue weighted by Gasteiger charge is -2.13. The van der Waals surface area contributed by atoms with Gasteiger partial charge in [-0.1, -0.05) is 6.07 Å². The number of aliphatic carboxylic acids is 1. The van der Waals surface area contributed by atoms with E-state index in [9.17, 15) is 14.4 Å². The molecule has 1 atom stereocenters. The second kappa shape index (κ2) is 8.28. The van der Waals surface area contributed by atoms with Crippen molar-refractivity contribution in [1.29, 1.82) is 0 Å². The van der Waals surface area contributed by atoms with Crippen LogP contribution in [0.2, 0.25) is 0 Å². The fraction of sp³-hybridized carbons (Fsp3) is 0.417. The van der Waals surface area contributed by atoms with Gasteiger partial charge in [-0.2, -0.15) is 0 Å². The van der Waals surface area contributed by atoms with E-state index in [-0.39, 0.29) is 25.0 Å². The lowest BCUT2D eigenvalue weighted by Crippen LogP contribution is -2.45. The number of carboxylic acids is 1. The molecule has 0 spiro atoms. The Morgan fingerprint density at radius 1 is 1.45 bits per heavy atom. The van der Waals surface area contributed by atoms with Gasteiger partial charge in [0.05, 0.1) is 11.5 Å². The highest BCUT2D eigenvalue weighted by Gasteiger charge is 2.16. The average Bonchev–Trinajstić information content (AvgIpc) is 2.91. The molecule has 0 aromatic carbocycles. The predicted octanol–water partition coefficient (Wildman–Crippen LogP) is 0.0838. The molecule has 0 radical (unpaired) electrons. The zero-order valence-electron chi connectivity index (χ0n) is 10.9. The molecule has 0 saturated carbocycles. The molecule has 1 aromatic heterocycles. The first-order valence-electron chi connectivity index (χ1n) is 5.92. The van der Waals surface area contributed by atoms with Crippen LogP contribution in [0.5, 0.6) is 0 Å². The van der Waals surface area contributed by atoms with E-state index in [0.717, 1.165) is 0 Å². The molecule has 1 rings (SSSR count). The Morgan fingerprint density at radius 2 is 2.20 bits per heavy atom. The van der Waals surface area contributed by atoms with Crippen molar-refractivity contribution < 1.29 is 24.2 Å². The van der Waals surface area contributed by atoms with Crippen LogP contribution in [0.1, 0.15) is 16.6 Å². The summed E-state index contributed by atoms with van der Waals surface area (Å²) in [6.45, 7) is 1.45. The molecule has 0 saturated heterocycles. The standard InChI is InChI=1S/C12H16N2O5S/c1-8(14-12(18)9-3-2-6-20-9)11(17)13-4-5-19-7-10(15)16/h2-3,6,8H,4-5,7H2,1H3,(H,13,17)(H,14,18)(H,15,16). The first-order valence-corrected chi connectivity index (χ1v) is 6.80. The molecule has 7 nitrogen and oxygen atoms in total. The Balaban J connectivity index is 2.22. The molecule has 3 N–H and O–H groups in total. The van der Waals surface area contributed by atoms with Crippen LogP contribution in [0, 0.1) is 0 Å². The van der Waals surface area contributed by atoms with Gasteiger partial charge >= 0.3 is 5.97 Å². The van der Waals surface area contributed by atoms with Crippen molar-refractivity contribution in [1.82, 2.24) is 10.6 Å². The lowest BCUT2D eigenvalue weighted by molar-refractivity contribution is -0.142. The number of ether oxygens (including phenoxy) is 1. The van der Waals surface area contributed by atoms with E-state index in [1.807, 2.05) is 0 Å². The SMILES string of the molecule is CC(NC(=O)c1cccs1)C(=O)NCCOCC(=O)O. The van der Waals surface area contributed by atoms with Gasteiger partial charge < -0.3 is 20.5 Å². The van der Waals surface area contributed by atoms with Gasteiger partial charge in [-0.25, -0.2) is 4.79 Å². The van der Waals surface area contributed by atoms with Crippen molar-refractivity contribution >= 4 is 29.1 Å². The molecule has 0 aliphatic carbocycles. The maximum atomic E-state index is 11.7. The molecular formula is C12H16N2O5S. The molecular weight excluding hydrogens is 284 g/mol. The Labute approximate surface area is 119 Å². The molecule has 0 bridgehead atoms. The number of carbonyl (C=O) groups is 3. The highest BCUT2D eigenvalue weighted by atomic mass is 32.1. The van der Waals surface area contributed by atoms with Crippen LogP contribution >= 0.6 is 11.3 Å². The molecule has 1 heterocycles. The summed E-state index contributed by atoms with van der Waals surface area (Å²) < 4.78 is 4.77. The number of nitrogens with one attached hydrogen (secondary N) is 2. The van der Waals surface area contributed by atoms with Gasteiger partial charge in [-0.3, -0.25) is 9.59 Å². The molecule has 8 heteroatoms. The monoisotopic (exact) mass is 300 g/mol. The van der Waals surface area contributed by atoms with Crippen molar-refractivity contribution in [2.45, 2.75) is 13.0 Å². The van der Waals surface area contributed by atoms with Crippen LogP contribution in [-0.4, -0.2) is 48.7 Å². The molecule has 0 aliphatic heterocycles. The van der Waals surface area contributed by atoms with Crippen LogP contribution in [0.4, 0.5) is 0 Å². The first-order chi connectivity index (χ1) is 9.50. The molecule has 110 valence electrons. The minimum absolute atomic E-state index is 0.101. The molecule has 0 fully saturated rings. The predicted molar refractivity (Wildman–Crippen MR) is 72.7 cm³/mol. The fourth-order valence-electron chi connectivity index (χ4n) is 1.30. The highest BCUT2D eigenvalue weighted by molar-refractivity contribution is 7.12. The normalized spacial score (nSPS) is 11.7. The average molecular weight is 300 g/mol. The fourth-order valence-corrected chi connectivity index (χ4v) is 1.93. The first kappa shape index (κ1) is 16.1. The Hall–Kier alpha value is -1.93. The molecule has 2 amide bonds. The van der Waals surface area contributed by atoms with Crippen molar-refractivity contribution in [3.8, 4) is 0 Å². The van der Waals surface area contributed by atoms with Gasteiger partial charge in [0.2, 0.25) is 5.91 Å². The van der Waals surface area contributed by atoms with Crippen LogP contribution in [0.3, 0.4) is 0 Å². The van der Waals surface area contributed by atoms with Gasteiger partial charge in [0, 0.05) is 6.54 Å². The summed E-state index contributed by atoms with van der Waals surface area (Å²) in [7, 11) is 0.